The van der Waals surface area contributed by atoms with Crippen LogP contribution < -0.4 is 10.6 Å². The van der Waals surface area contributed by atoms with Gasteiger partial charge in [0.25, 0.3) is 0 Å². The number of benzene rings is 1. The van der Waals surface area contributed by atoms with Gasteiger partial charge >= 0.3 is 0 Å². The third kappa shape index (κ3) is 2.90. The van der Waals surface area contributed by atoms with Crippen molar-refractivity contribution >= 4 is 11.8 Å². The van der Waals surface area contributed by atoms with Crippen LogP contribution in [0.15, 0.2) is 36.5 Å². The Bertz CT molecular complexity index is 498. The fourth-order valence-electron chi connectivity index (χ4n) is 1.52. The maximum absolute atomic E-state index is 12.7. The first kappa shape index (κ1) is 11.3. The average Bonchev–Trinajstić information content (AvgIpc) is 2.32. The summed E-state index contributed by atoms with van der Waals surface area (Å²) in [6.07, 6.45) is 1.61. The van der Waals surface area contributed by atoms with E-state index < -0.39 is 0 Å². The van der Waals surface area contributed by atoms with Crippen molar-refractivity contribution in [3.8, 4) is 0 Å². The van der Waals surface area contributed by atoms with Crippen molar-refractivity contribution in [1.82, 2.24) is 9.97 Å². The van der Waals surface area contributed by atoms with Crippen LogP contribution in [-0.4, -0.2) is 17.0 Å². The van der Waals surface area contributed by atoms with Gasteiger partial charge in [-0.25, -0.2) is 9.37 Å². The van der Waals surface area contributed by atoms with E-state index in [4.69, 9.17) is 5.73 Å². The molecule has 2 N–H and O–H groups in total. The predicted octanol–water partition coefficient (Wildman–Crippen LogP) is 1.83. The van der Waals surface area contributed by atoms with Crippen LogP contribution in [0, 0.1) is 5.82 Å². The number of nitrogens with two attached hydrogens (primary N) is 1. The van der Waals surface area contributed by atoms with E-state index in [1.807, 2.05) is 11.9 Å². The first-order chi connectivity index (χ1) is 8.15. The number of hydrogen-bond donors (Lipinski definition) is 1. The Kier molecular flexibility index (Phi) is 3.18. The van der Waals surface area contributed by atoms with Crippen molar-refractivity contribution in [2.45, 2.75) is 6.54 Å². The molecule has 0 bridgehead atoms. The first-order valence-electron chi connectivity index (χ1n) is 5.19. The fourth-order valence-corrected chi connectivity index (χ4v) is 1.52. The molecular weight excluding hydrogens is 219 g/mol. The van der Waals surface area contributed by atoms with Crippen LogP contribution in [0.5, 0.6) is 0 Å². The lowest BCUT2D eigenvalue weighted by molar-refractivity contribution is 0.627. The van der Waals surface area contributed by atoms with Gasteiger partial charge in [0.1, 0.15) is 11.6 Å². The molecule has 17 heavy (non-hydrogen) atoms. The summed E-state index contributed by atoms with van der Waals surface area (Å²) in [5.74, 6) is 0.748. The zero-order valence-electron chi connectivity index (χ0n) is 9.47. The zero-order chi connectivity index (χ0) is 12.3. The Morgan fingerprint density at radius 1 is 1.24 bits per heavy atom. The highest BCUT2D eigenvalue weighted by atomic mass is 19.1. The van der Waals surface area contributed by atoms with E-state index in [-0.39, 0.29) is 11.8 Å². The average molecular weight is 232 g/mol. The quantitative estimate of drug-likeness (QED) is 0.877. The van der Waals surface area contributed by atoms with Gasteiger partial charge in [0, 0.05) is 19.8 Å². The lowest BCUT2D eigenvalue weighted by Gasteiger charge is -2.18. The van der Waals surface area contributed by atoms with Crippen molar-refractivity contribution < 1.29 is 4.39 Å². The van der Waals surface area contributed by atoms with E-state index >= 15 is 0 Å². The van der Waals surface area contributed by atoms with E-state index in [0.717, 1.165) is 11.4 Å². The summed E-state index contributed by atoms with van der Waals surface area (Å²) in [4.78, 5) is 9.86. The molecule has 0 spiro atoms. The molecule has 0 saturated carbocycles. The second-order valence-electron chi connectivity index (χ2n) is 3.76. The van der Waals surface area contributed by atoms with Gasteiger partial charge in [-0.2, -0.15) is 4.98 Å². The Labute approximate surface area is 98.9 Å². The summed E-state index contributed by atoms with van der Waals surface area (Å²) in [5.41, 5.74) is 6.52. The molecule has 1 aromatic heterocycles. The molecule has 0 aliphatic carbocycles. The molecule has 1 aromatic carbocycles. The second-order valence-corrected chi connectivity index (χ2v) is 3.76. The Morgan fingerprint density at radius 2 is 1.94 bits per heavy atom. The zero-order valence-corrected chi connectivity index (χ0v) is 9.47. The van der Waals surface area contributed by atoms with Gasteiger partial charge in [-0.3, -0.25) is 0 Å². The van der Waals surface area contributed by atoms with Crippen LogP contribution >= 0.6 is 0 Å². The third-order valence-corrected chi connectivity index (χ3v) is 2.38. The van der Waals surface area contributed by atoms with Crippen LogP contribution in [0.4, 0.5) is 16.2 Å². The summed E-state index contributed by atoms with van der Waals surface area (Å²) in [6, 6.07) is 8.15. The number of nitrogen functional groups attached to an aromatic ring is 1. The van der Waals surface area contributed by atoms with Crippen LogP contribution in [-0.2, 0) is 6.54 Å². The van der Waals surface area contributed by atoms with Crippen LogP contribution in [0.25, 0.3) is 0 Å². The normalized spacial score (nSPS) is 10.2. The van der Waals surface area contributed by atoms with Gasteiger partial charge in [0.15, 0.2) is 0 Å². The largest absolute Gasteiger partial charge is 0.368 e. The summed E-state index contributed by atoms with van der Waals surface area (Å²) in [6.45, 7) is 0.636. The highest BCUT2D eigenvalue weighted by Gasteiger charge is 2.04. The summed E-state index contributed by atoms with van der Waals surface area (Å²) in [5, 5.41) is 0. The van der Waals surface area contributed by atoms with Gasteiger partial charge in [-0.15, -0.1) is 0 Å². The summed E-state index contributed by atoms with van der Waals surface area (Å²) < 4.78 is 12.7. The fraction of sp³-hybridized carbons (Fsp3) is 0.167. The van der Waals surface area contributed by atoms with E-state index in [1.54, 1.807) is 24.4 Å². The number of anilines is 2. The molecular formula is C12H13FN4. The van der Waals surface area contributed by atoms with Crippen LogP contribution in [0.1, 0.15) is 5.56 Å². The molecule has 0 unspecified atom stereocenters. The number of halogens is 1. The van der Waals surface area contributed by atoms with E-state index in [1.165, 1.54) is 12.1 Å². The summed E-state index contributed by atoms with van der Waals surface area (Å²) in [7, 11) is 1.89. The first-order valence-corrected chi connectivity index (χ1v) is 5.19. The maximum atomic E-state index is 12.7. The molecule has 0 saturated heterocycles. The standard InChI is InChI=1S/C12H13FN4/c1-17(11-6-7-15-12(14)16-11)8-9-2-4-10(13)5-3-9/h2-7H,8H2,1H3,(H2,14,15,16). The van der Waals surface area contributed by atoms with Gasteiger partial charge in [-0.05, 0) is 23.8 Å². The highest BCUT2D eigenvalue weighted by molar-refractivity contribution is 5.40. The molecule has 0 radical (unpaired) electrons. The molecule has 0 amide bonds. The molecule has 2 rings (SSSR count). The second kappa shape index (κ2) is 4.78. The number of aromatic nitrogens is 2. The number of hydrogen-bond acceptors (Lipinski definition) is 4. The number of rotatable bonds is 3. The lowest BCUT2D eigenvalue weighted by Crippen LogP contribution is -2.18. The van der Waals surface area contributed by atoms with Gasteiger partial charge < -0.3 is 10.6 Å². The molecule has 0 atom stereocenters. The molecule has 0 fully saturated rings. The van der Waals surface area contributed by atoms with E-state index in [0.29, 0.717) is 6.54 Å². The van der Waals surface area contributed by atoms with Gasteiger partial charge in [-0.1, -0.05) is 12.1 Å². The minimum atomic E-state index is -0.234. The molecule has 5 heteroatoms. The van der Waals surface area contributed by atoms with Crippen molar-refractivity contribution in [3.63, 3.8) is 0 Å². The Morgan fingerprint density at radius 3 is 2.59 bits per heavy atom. The van der Waals surface area contributed by atoms with Crippen LogP contribution in [0.2, 0.25) is 0 Å². The Balaban J connectivity index is 2.11. The smallest absolute Gasteiger partial charge is 0.221 e. The minimum absolute atomic E-state index is 0.234. The van der Waals surface area contributed by atoms with Crippen molar-refractivity contribution in [2.75, 3.05) is 17.7 Å². The van der Waals surface area contributed by atoms with E-state index in [2.05, 4.69) is 9.97 Å². The van der Waals surface area contributed by atoms with E-state index in [9.17, 15) is 4.39 Å². The topological polar surface area (TPSA) is 55.0 Å². The molecule has 0 aliphatic rings. The minimum Gasteiger partial charge on any atom is -0.368 e. The van der Waals surface area contributed by atoms with Crippen molar-refractivity contribution in [3.05, 3.63) is 47.9 Å². The van der Waals surface area contributed by atoms with Gasteiger partial charge in [0.05, 0.1) is 0 Å². The van der Waals surface area contributed by atoms with Crippen molar-refractivity contribution in [1.29, 1.82) is 0 Å². The monoisotopic (exact) mass is 232 g/mol. The molecule has 1 heterocycles. The van der Waals surface area contributed by atoms with Gasteiger partial charge in [0.2, 0.25) is 5.95 Å². The SMILES string of the molecule is CN(Cc1ccc(F)cc1)c1ccnc(N)n1. The number of nitrogens with zero attached hydrogens (tertiary/aromatic N) is 3. The van der Waals surface area contributed by atoms with Crippen molar-refractivity contribution in [2.24, 2.45) is 0 Å². The van der Waals surface area contributed by atoms with Crippen LogP contribution in [0.3, 0.4) is 0 Å². The molecule has 88 valence electrons. The molecule has 0 aliphatic heterocycles. The Hall–Kier alpha value is -2.17. The highest BCUT2D eigenvalue weighted by Crippen LogP contribution is 2.13. The summed E-state index contributed by atoms with van der Waals surface area (Å²) >= 11 is 0. The molecule has 4 nitrogen and oxygen atoms in total. The molecule has 2 aromatic rings. The predicted molar refractivity (Wildman–Crippen MR) is 65.0 cm³/mol. The maximum Gasteiger partial charge on any atom is 0.221 e. The third-order valence-electron chi connectivity index (χ3n) is 2.38. The lowest BCUT2D eigenvalue weighted by atomic mass is 10.2.